The molecule has 0 saturated carbocycles. The fraction of sp³-hybridized carbons (Fsp3) is 0.125. The Morgan fingerprint density at radius 2 is 2.08 bits per heavy atom. The van der Waals surface area contributed by atoms with Crippen molar-refractivity contribution in [2.24, 2.45) is 0 Å². The van der Waals surface area contributed by atoms with Crippen LogP contribution >= 0.6 is 39.1 Å². The summed E-state index contributed by atoms with van der Waals surface area (Å²) < 4.78 is 0.515. The first-order valence-electron chi connectivity index (χ1n) is 3.43. The van der Waals surface area contributed by atoms with Gasteiger partial charge in [-0.1, -0.05) is 23.2 Å². The van der Waals surface area contributed by atoms with Crippen molar-refractivity contribution < 1.29 is 4.79 Å². The number of amides is 1. The fourth-order valence-corrected chi connectivity index (χ4v) is 1.80. The van der Waals surface area contributed by atoms with Crippen LogP contribution in [0.5, 0.6) is 0 Å². The Hall–Kier alpha value is -0.250. The average molecular weight is 283 g/mol. The fourth-order valence-electron chi connectivity index (χ4n) is 0.836. The molecule has 0 bridgehead atoms. The zero-order valence-corrected chi connectivity index (χ0v) is 9.79. The number of hydrogen-bond donors (Lipinski definition) is 1. The lowest BCUT2D eigenvalue weighted by Gasteiger charge is -2.05. The van der Waals surface area contributed by atoms with Gasteiger partial charge in [0.05, 0.1) is 20.1 Å². The number of carbonyl (C=O) groups is 1. The van der Waals surface area contributed by atoms with Crippen LogP contribution in [0.2, 0.25) is 10.0 Å². The molecule has 0 aromatic heterocycles. The first kappa shape index (κ1) is 10.8. The predicted octanol–water partition coefficient (Wildman–Crippen LogP) is 3.12. The number of carbonyl (C=O) groups excluding carboxylic acids is 1. The molecule has 1 N–H and O–H groups in total. The van der Waals surface area contributed by atoms with Crippen molar-refractivity contribution in [3.8, 4) is 0 Å². The molecule has 70 valence electrons. The van der Waals surface area contributed by atoms with Gasteiger partial charge in [0.1, 0.15) is 0 Å². The summed E-state index contributed by atoms with van der Waals surface area (Å²) in [5.41, 5.74) is 0.469. The maximum Gasteiger partial charge on any atom is 0.252 e. The van der Waals surface area contributed by atoms with Crippen molar-refractivity contribution in [2.75, 3.05) is 7.05 Å². The molecule has 13 heavy (non-hydrogen) atoms. The Balaban J connectivity index is 3.26. The second-order valence-electron chi connectivity index (χ2n) is 2.30. The monoisotopic (exact) mass is 281 g/mol. The van der Waals surface area contributed by atoms with Crippen molar-refractivity contribution in [3.63, 3.8) is 0 Å². The van der Waals surface area contributed by atoms with Gasteiger partial charge in [-0.2, -0.15) is 0 Å². The quantitative estimate of drug-likeness (QED) is 0.788. The van der Waals surface area contributed by atoms with Crippen LogP contribution in [-0.2, 0) is 0 Å². The molecular weight excluding hydrogens is 277 g/mol. The molecule has 1 amide bonds. The van der Waals surface area contributed by atoms with E-state index in [0.717, 1.165) is 0 Å². The second-order valence-corrected chi connectivity index (χ2v) is 3.88. The molecule has 0 aliphatic heterocycles. The van der Waals surface area contributed by atoms with Crippen LogP contribution in [0.15, 0.2) is 16.6 Å². The first-order valence-corrected chi connectivity index (χ1v) is 4.98. The molecule has 0 aliphatic rings. The third-order valence-electron chi connectivity index (χ3n) is 1.51. The summed E-state index contributed by atoms with van der Waals surface area (Å²) in [6.07, 6.45) is 0. The van der Waals surface area contributed by atoms with Crippen LogP contribution in [-0.4, -0.2) is 13.0 Å². The second kappa shape index (κ2) is 4.31. The maximum absolute atomic E-state index is 11.3. The summed E-state index contributed by atoms with van der Waals surface area (Å²) in [6.45, 7) is 0. The van der Waals surface area contributed by atoms with Gasteiger partial charge in [0, 0.05) is 7.05 Å². The highest BCUT2D eigenvalue weighted by Crippen LogP contribution is 2.32. The van der Waals surface area contributed by atoms with Crippen molar-refractivity contribution in [2.45, 2.75) is 0 Å². The Bertz CT molecular complexity index is 354. The van der Waals surface area contributed by atoms with Crippen LogP contribution in [0.1, 0.15) is 10.4 Å². The summed E-state index contributed by atoms with van der Waals surface area (Å²) in [4.78, 5) is 11.3. The molecule has 1 aromatic carbocycles. The van der Waals surface area contributed by atoms with Crippen LogP contribution < -0.4 is 5.32 Å². The van der Waals surface area contributed by atoms with Crippen molar-refractivity contribution >= 4 is 45.0 Å². The van der Waals surface area contributed by atoms with Gasteiger partial charge in [-0.3, -0.25) is 4.79 Å². The summed E-state index contributed by atoms with van der Waals surface area (Å²) >= 11 is 14.8. The van der Waals surface area contributed by atoms with Crippen LogP contribution in [0, 0.1) is 0 Å². The smallest absolute Gasteiger partial charge is 0.252 e. The van der Waals surface area contributed by atoms with Crippen LogP contribution in [0.4, 0.5) is 0 Å². The van der Waals surface area contributed by atoms with Gasteiger partial charge in [-0.15, -0.1) is 0 Å². The minimum Gasteiger partial charge on any atom is -0.355 e. The van der Waals surface area contributed by atoms with E-state index in [1.807, 2.05) is 0 Å². The van der Waals surface area contributed by atoms with E-state index in [2.05, 4.69) is 21.2 Å². The SMILES string of the molecule is CNC(=O)c1ccc(Cl)c(Cl)c1Br. The zero-order valence-electron chi connectivity index (χ0n) is 6.70. The molecular formula is C8H6BrCl2NO. The van der Waals surface area contributed by atoms with E-state index in [4.69, 9.17) is 23.2 Å². The summed E-state index contributed by atoms with van der Waals surface area (Å²) in [6, 6.07) is 3.19. The van der Waals surface area contributed by atoms with E-state index in [1.165, 1.54) is 0 Å². The number of rotatable bonds is 1. The molecule has 5 heteroatoms. The topological polar surface area (TPSA) is 29.1 Å². The molecule has 1 aromatic rings. The molecule has 0 saturated heterocycles. The van der Waals surface area contributed by atoms with Gasteiger partial charge < -0.3 is 5.32 Å². The van der Waals surface area contributed by atoms with Crippen molar-refractivity contribution in [3.05, 3.63) is 32.2 Å². The molecule has 0 spiro atoms. The molecule has 0 fully saturated rings. The molecule has 0 aliphatic carbocycles. The Morgan fingerprint density at radius 3 is 2.62 bits per heavy atom. The normalized spacial score (nSPS) is 9.85. The first-order chi connectivity index (χ1) is 6.07. The molecule has 0 heterocycles. The number of nitrogens with one attached hydrogen (secondary N) is 1. The van der Waals surface area contributed by atoms with Crippen molar-refractivity contribution in [1.82, 2.24) is 5.32 Å². The third-order valence-corrected chi connectivity index (χ3v) is 3.36. The minimum atomic E-state index is -0.203. The van der Waals surface area contributed by atoms with Gasteiger partial charge >= 0.3 is 0 Å². The van der Waals surface area contributed by atoms with Gasteiger partial charge in [0.2, 0.25) is 0 Å². The largest absolute Gasteiger partial charge is 0.355 e. The van der Waals surface area contributed by atoms with E-state index in [1.54, 1.807) is 19.2 Å². The Kier molecular flexibility index (Phi) is 3.59. The lowest BCUT2D eigenvalue weighted by molar-refractivity contribution is 0.0962. The highest BCUT2D eigenvalue weighted by molar-refractivity contribution is 9.10. The van der Waals surface area contributed by atoms with Gasteiger partial charge in [0.25, 0.3) is 5.91 Å². The Labute approximate surface area is 94.3 Å². The standard InChI is InChI=1S/C8H6BrCl2NO/c1-12-8(13)4-2-3-5(10)7(11)6(4)9/h2-3H,1H3,(H,12,13). The number of halogens is 3. The summed E-state index contributed by atoms with van der Waals surface area (Å²) in [5.74, 6) is -0.203. The van der Waals surface area contributed by atoms with E-state index in [0.29, 0.717) is 20.1 Å². The van der Waals surface area contributed by atoms with Gasteiger partial charge in [-0.25, -0.2) is 0 Å². The molecule has 1 rings (SSSR count). The lowest BCUT2D eigenvalue weighted by Crippen LogP contribution is -2.18. The Morgan fingerprint density at radius 1 is 1.46 bits per heavy atom. The van der Waals surface area contributed by atoms with Crippen LogP contribution in [0.25, 0.3) is 0 Å². The average Bonchev–Trinajstić information content (AvgIpc) is 2.13. The van der Waals surface area contributed by atoms with Crippen molar-refractivity contribution in [1.29, 1.82) is 0 Å². The number of hydrogen-bond acceptors (Lipinski definition) is 1. The zero-order chi connectivity index (χ0) is 10.0. The van der Waals surface area contributed by atoms with E-state index in [-0.39, 0.29) is 5.91 Å². The van der Waals surface area contributed by atoms with Gasteiger partial charge in [-0.05, 0) is 28.1 Å². The third kappa shape index (κ3) is 2.16. The maximum atomic E-state index is 11.3. The minimum absolute atomic E-state index is 0.203. The van der Waals surface area contributed by atoms with E-state index >= 15 is 0 Å². The molecule has 0 radical (unpaired) electrons. The summed E-state index contributed by atoms with van der Waals surface area (Å²) in [7, 11) is 1.55. The van der Waals surface area contributed by atoms with E-state index < -0.39 is 0 Å². The molecule has 0 unspecified atom stereocenters. The highest BCUT2D eigenvalue weighted by atomic mass is 79.9. The molecule has 0 atom stereocenters. The molecule has 2 nitrogen and oxygen atoms in total. The summed E-state index contributed by atoms with van der Waals surface area (Å²) in [5, 5.41) is 3.27. The lowest BCUT2D eigenvalue weighted by atomic mass is 10.2. The highest BCUT2D eigenvalue weighted by Gasteiger charge is 2.12. The predicted molar refractivity (Wildman–Crippen MR) is 57.6 cm³/mol. The van der Waals surface area contributed by atoms with Gasteiger partial charge in [0.15, 0.2) is 0 Å². The van der Waals surface area contributed by atoms with Crippen LogP contribution in [0.3, 0.4) is 0 Å². The number of benzene rings is 1. The van der Waals surface area contributed by atoms with E-state index in [9.17, 15) is 4.79 Å².